The lowest BCUT2D eigenvalue weighted by Gasteiger charge is -1.93. The number of rotatable bonds is 1. The third-order valence-corrected chi connectivity index (χ3v) is 0.407. The maximum Gasteiger partial charge on any atom is 0.211 e. The Labute approximate surface area is 40.6 Å². The van der Waals surface area contributed by atoms with E-state index in [-0.39, 0.29) is 5.96 Å². The van der Waals surface area contributed by atoms with Crippen LogP contribution in [0.3, 0.4) is 0 Å². The number of hydrogen-bond donors (Lipinski definition) is 3. The topological polar surface area (TPSA) is 77.3 Å². The van der Waals surface area contributed by atoms with Crippen molar-refractivity contribution in [2.24, 2.45) is 5.29 Å². The molecule has 0 saturated heterocycles. The second-order valence-corrected chi connectivity index (χ2v) is 0.828. The summed E-state index contributed by atoms with van der Waals surface area (Å²) >= 11 is 0. The fraction of sp³-hybridized carbons (Fsp3) is 0.500. The van der Waals surface area contributed by atoms with Crippen molar-refractivity contribution in [1.82, 2.24) is 10.7 Å². The van der Waals surface area contributed by atoms with Crippen LogP contribution < -0.4 is 10.7 Å². The van der Waals surface area contributed by atoms with Crippen molar-refractivity contribution in [2.45, 2.75) is 0 Å². The Morgan fingerprint density at radius 3 is 2.57 bits per heavy atom. The molecule has 0 radical (unpaired) electrons. The van der Waals surface area contributed by atoms with Crippen molar-refractivity contribution in [3.05, 3.63) is 4.91 Å². The van der Waals surface area contributed by atoms with Gasteiger partial charge in [-0.1, -0.05) is 0 Å². The van der Waals surface area contributed by atoms with E-state index in [1.165, 1.54) is 7.05 Å². The van der Waals surface area contributed by atoms with Crippen LogP contribution in [0.2, 0.25) is 0 Å². The molecule has 0 unspecified atom stereocenters. The minimum Gasteiger partial charge on any atom is -0.358 e. The van der Waals surface area contributed by atoms with Gasteiger partial charge in [-0.15, -0.1) is 4.91 Å². The second-order valence-electron chi connectivity index (χ2n) is 0.828. The van der Waals surface area contributed by atoms with Crippen molar-refractivity contribution >= 4 is 5.96 Å². The van der Waals surface area contributed by atoms with Crippen molar-refractivity contribution < 1.29 is 0 Å². The predicted octanol–water partition coefficient (Wildman–Crippen LogP) is -0.588. The zero-order valence-electron chi connectivity index (χ0n) is 3.86. The number of nitrogens with one attached hydrogen (secondary N) is 3. The first kappa shape index (κ1) is 5.87. The molecule has 5 nitrogen and oxygen atoms in total. The Balaban J connectivity index is 3.17. The summed E-state index contributed by atoms with van der Waals surface area (Å²) in [4.78, 5) is 9.23. The van der Waals surface area contributed by atoms with E-state index >= 15 is 0 Å². The molecule has 0 aromatic rings. The van der Waals surface area contributed by atoms with Crippen LogP contribution >= 0.6 is 0 Å². The maximum atomic E-state index is 9.23. The van der Waals surface area contributed by atoms with Crippen LogP contribution in [0.25, 0.3) is 0 Å². The van der Waals surface area contributed by atoms with Crippen LogP contribution in [-0.4, -0.2) is 13.0 Å². The molecule has 40 valence electrons. The first-order valence-corrected chi connectivity index (χ1v) is 1.66. The summed E-state index contributed by atoms with van der Waals surface area (Å²) in [6.07, 6.45) is 0. The molecule has 0 spiro atoms. The van der Waals surface area contributed by atoms with Gasteiger partial charge in [0.25, 0.3) is 0 Å². The van der Waals surface area contributed by atoms with Crippen LogP contribution in [0.5, 0.6) is 0 Å². The molecule has 0 aromatic carbocycles. The standard InChI is InChI=1S/C2H6N4O/c1-4-2(3)5-6-7/h1H3,(H3,3,4,5,7). The maximum absolute atomic E-state index is 9.23. The minimum atomic E-state index is -0.102. The quantitative estimate of drug-likeness (QED) is 0.179. The first-order valence-electron chi connectivity index (χ1n) is 1.66. The highest BCUT2D eigenvalue weighted by Gasteiger charge is 1.81. The molecular formula is C2H6N4O. The lowest BCUT2D eigenvalue weighted by atomic mass is 11.0. The summed E-state index contributed by atoms with van der Waals surface area (Å²) in [6, 6.07) is 0. The third-order valence-electron chi connectivity index (χ3n) is 0.407. The van der Waals surface area contributed by atoms with E-state index in [0.717, 1.165) is 0 Å². The van der Waals surface area contributed by atoms with E-state index in [1.54, 1.807) is 0 Å². The Morgan fingerprint density at radius 1 is 1.86 bits per heavy atom. The van der Waals surface area contributed by atoms with Gasteiger partial charge in [0.05, 0.1) is 5.29 Å². The zero-order valence-corrected chi connectivity index (χ0v) is 3.86. The highest BCUT2D eigenvalue weighted by Crippen LogP contribution is 1.51. The van der Waals surface area contributed by atoms with Gasteiger partial charge in [0.2, 0.25) is 5.96 Å². The molecule has 3 N–H and O–H groups in total. The lowest BCUT2D eigenvalue weighted by molar-refractivity contribution is 0.922. The normalized spacial score (nSPS) is 7.00. The van der Waals surface area contributed by atoms with E-state index < -0.39 is 0 Å². The fourth-order valence-electron chi connectivity index (χ4n) is 0.102. The van der Waals surface area contributed by atoms with Gasteiger partial charge in [0, 0.05) is 7.05 Å². The highest BCUT2D eigenvalue weighted by atomic mass is 16.3. The van der Waals surface area contributed by atoms with Gasteiger partial charge < -0.3 is 5.32 Å². The summed E-state index contributed by atoms with van der Waals surface area (Å²) in [5.41, 5.74) is 1.84. The Morgan fingerprint density at radius 2 is 2.43 bits per heavy atom. The van der Waals surface area contributed by atoms with Crippen LogP contribution in [0.15, 0.2) is 5.29 Å². The molecular weight excluding hydrogens is 96.0 g/mol. The monoisotopic (exact) mass is 102 g/mol. The van der Waals surface area contributed by atoms with Crippen LogP contribution in [0, 0.1) is 10.3 Å². The van der Waals surface area contributed by atoms with Crippen molar-refractivity contribution in [3.63, 3.8) is 0 Å². The Bertz CT molecular complexity index is 79.8. The van der Waals surface area contributed by atoms with Gasteiger partial charge in [0.1, 0.15) is 0 Å². The van der Waals surface area contributed by atoms with Gasteiger partial charge in [0.15, 0.2) is 0 Å². The summed E-state index contributed by atoms with van der Waals surface area (Å²) in [6.45, 7) is 0. The van der Waals surface area contributed by atoms with Gasteiger partial charge in [-0.2, -0.15) is 0 Å². The molecule has 0 saturated carbocycles. The molecule has 0 aliphatic rings. The van der Waals surface area contributed by atoms with E-state index in [4.69, 9.17) is 5.41 Å². The molecule has 7 heavy (non-hydrogen) atoms. The predicted molar refractivity (Wildman–Crippen MR) is 25.7 cm³/mol. The van der Waals surface area contributed by atoms with Gasteiger partial charge in [-0.3, -0.25) is 5.41 Å². The molecule has 0 heterocycles. The molecule has 0 aliphatic carbocycles. The van der Waals surface area contributed by atoms with Gasteiger partial charge in [-0.05, 0) is 0 Å². The van der Waals surface area contributed by atoms with Crippen LogP contribution in [-0.2, 0) is 0 Å². The summed E-state index contributed by atoms with van der Waals surface area (Å²) in [7, 11) is 1.51. The number of guanidine groups is 1. The third kappa shape index (κ3) is 2.68. The number of nitroso groups, excluding NO2 is 1. The van der Waals surface area contributed by atoms with Crippen molar-refractivity contribution in [1.29, 1.82) is 5.41 Å². The summed E-state index contributed by atoms with van der Waals surface area (Å²) < 4.78 is 0. The smallest absolute Gasteiger partial charge is 0.211 e. The van der Waals surface area contributed by atoms with Gasteiger partial charge >= 0.3 is 0 Å². The highest BCUT2D eigenvalue weighted by molar-refractivity contribution is 5.75. The van der Waals surface area contributed by atoms with Gasteiger partial charge in [-0.25, -0.2) is 5.43 Å². The average molecular weight is 102 g/mol. The molecule has 5 heteroatoms. The van der Waals surface area contributed by atoms with E-state index in [2.05, 4.69) is 10.6 Å². The van der Waals surface area contributed by atoms with E-state index in [9.17, 15) is 4.91 Å². The fourth-order valence-corrected chi connectivity index (χ4v) is 0.102. The summed E-state index contributed by atoms with van der Waals surface area (Å²) in [5, 5.41) is 11.2. The van der Waals surface area contributed by atoms with E-state index in [0.29, 0.717) is 0 Å². The molecule has 0 bridgehead atoms. The molecule has 0 rings (SSSR count). The number of nitrogens with zero attached hydrogens (tertiary/aromatic N) is 1. The molecule has 0 atom stereocenters. The largest absolute Gasteiger partial charge is 0.358 e. The lowest BCUT2D eigenvalue weighted by Crippen LogP contribution is -2.28. The van der Waals surface area contributed by atoms with Crippen molar-refractivity contribution in [3.8, 4) is 0 Å². The number of hydrogen-bond acceptors (Lipinski definition) is 3. The van der Waals surface area contributed by atoms with Crippen LogP contribution in [0.1, 0.15) is 0 Å². The average Bonchev–Trinajstić information content (AvgIpc) is 1.68. The Hall–Kier alpha value is -1.13. The Kier molecular flexibility index (Phi) is 2.58. The minimum absolute atomic E-state index is 0.102. The molecule has 0 fully saturated rings. The second kappa shape index (κ2) is 3.08. The molecule has 0 aromatic heterocycles. The van der Waals surface area contributed by atoms with E-state index in [1.807, 2.05) is 5.43 Å². The van der Waals surface area contributed by atoms with Crippen molar-refractivity contribution in [2.75, 3.05) is 7.05 Å². The SMILES string of the molecule is CNC(=N)NN=O. The zero-order chi connectivity index (χ0) is 5.70. The molecule has 0 amide bonds. The first-order chi connectivity index (χ1) is 3.31. The summed E-state index contributed by atoms with van der Waals surface area (Å²) in [5.74, 6) is -0.102. The molecule has 0 aliphatic heterocycles. The van der Waals surface area contributed by atoms with Crippen LogP contribution in [0.4, 0.5) is 0 Å².